The molecular formula is C13H17F4NO3. The van der Waals surface area contributed by atoms with Gasteiger partial charge in [0, 0.05) is 18.7 Å². The monoisotopic (exact) mass is 311 g/mol. The van der Waals surface area contributed by atoms with E-state index >= 15 is 0 Å². The summed E-state index contributed by atoms with van der Waals surface area (Å²) in [6, 6.07) is 3.09. The third-order valence-electron chi connectivity index (χ3n) is 2.80. The minimum absolute atomic E-state index is 0.112. The Morgan fingerprint density at radius 3 is 1.95 bits per heavy atom. The minimum Gasteiger partial charge on any atom is -0.496 e. The summed E-state index contributed by atoms with van der Waals surface area (Å²) in [5.74, 6) is -2.93. The van der Waals surface area contributed by atoms with Gasteiger partial charge in [-0.05, 0) is 0 Å². The zero-order chi connectivity index (χ0) is 16.0. The lowest BCUT2D eigenvalue weighted by Crippen LogP contribution is -2.38. The van der Waals surface area contributed by atoms with Crippen molar-refractivity contribution in [3.8, 4) is 17.2 Å². The van der Waals surface area contributed by atoms with Crippen LogP contribution in [0, 0.1) is 0 Å². The summed E-state index contributed by atoms with van der Waals surface area (Å²) in [6.45, 7) is -1.26. The van der Waals surface area contributed by atoms with Gasteiger partial charge in [-0.15, -0.1) is 0 Å². The molecule has 1 aromatic carbocycles. The Balaban J connectivity index is 2.87. The smallest absolute Gasteiger partial charge is 0.319 e. The summed E-state index contributed by atoms with van der Waals surface area (Å²) in [5, 5.41) is 2.28. The zero-order valence-corrected chi connectivity index (χ0v) is 11.9. The fourth-order valence-corrected chi connectivity index (χ4v) is 1.68. The van der Waals surface area contributed by atoms with Crippen molar-refractivity contribution in [3.63, 3.8) is 0 Å². The zero-order valence-electron chi connectivity index (χ0n) is 11.9. The predicted molar refractivity (Wildman–Crippen MR) is 68.8 cm³/mol. The van der Waals surface area contributed by atoms with Crippen molar-refractivity contribution in [1.29, 1.82) is 0 Å². The fraction of sp³-hybridized carbons (Fsp3) is 0.538. The standard InChI is InChI=1S/C13H17F4NO3/c1-19-8-4-10(20-2)9(11(5-8)21-3)6-18-7-13(16,17)12(14)15/h4-5,12,18H,6-7H2,1-3H3. The molecule has 0 aliphatic carbocycles. The third kappa shape index (κ3) is 4.38. The van der Waals surface area contributed by atoms with Crippen molar-refractivity contribution in [2.75, 3.05) is 27.9 Å². The first kappa shape index (κ1) is 17.4. The van der Waals surface area contributed by atoms with Crippen molar-refractivity contribution in [2.45, 2.75) is 18.9 Å². The van der Waals surface area contributed by atoms with E-state index in [4.69, 9.17) is 14.2 Å². The van der Waals surface area contributed by atoms with Gasteiger partial charge in [-0.1, -0.05) is 0 Å². The molecule has 0 heterocycles. The molecule has 1 rings (SSSR count). The highest BCUT2D eigenvalue weighted by Crippen LogP contribution is 2.34. The van der Waals surface area contributed by atoms with Crippen LogP contribution in [0.5, 0.6) is 17.2 Å². The summed E-state index contributed by atoms with van der Waals surface area (Å²) >= 11 is 0. The Morgan fingerprint density at radius 2 is 1.57 bits per heavy atom. The van der Waals surface area contributed by atoms with E-state index in [1.807, 2.05) is 0 Å². The van der Waals surface area contributed by atoms with Crippen LogP contribution in [-0.2, 0) is 6.54 Å². The van der Waals surface area contributed by atoms with Gasteiger partial charge in [-0.3, -0.25) is 0 Å². The first-order valence-corrected chi connectivity index (χ1v) is 6.01. The van der Waals surface area contributed by atoms with Gasteiger partial charge in [0.25, 0.3) is 0 Å². The van der Waals surface area contributed by atoms with E-state index in [0.717, 1.165) is 0 Å². The average molecular weight is 311 g/mol. The van der Waals surface area contributed by atoms with Crippen LogP contribution in [0.15, 0.2) is 12.1 Å². The van der Waals surface area contributed by atoms with Crippen LogP contribution in [0.1, 0.15) is 5.56 Å². The quantitative estimate of drug-likeness (QED) is 0.749. The van der Waals surface area contributed by atoms with Crippen LogP contribution >= 0.6 is 0 Å². The first-order valence-electron chi connectivity index (χ1n) is 6.01. The molecule has 120 valence electrons. The third-order valence-corrected chi connectivity index (χ3v) is 2.80. The second-order valence-corrected chi connectivity index (χ2v) is 4.18. The Kier molecular flexibility index (Phi) is 6.07. The van der Waals surface area contributed by atoms with Crippen molar-refractivity contribution < 1.29 is 31.8 Å². The number of nitrogens with one attached hydrogen (secondary N) is 1. The van der Waals surface area contributed by atoms with Crippen LogP contribution in [0.3, 0.4) is 0 Å². The SMILES string of the molecule is COc1cc(OC)c(CNCC(F)(F)C(F)F)c(OC)c1. The first-order chi connectivity index (χ1) is 9.85. The molecule has 0 fully saturated rings. The summed E-state index contributed by atoms with van der Waals surface area (Å²) in [7, 11) is 4.24. The van der Waals surface area contributed by atoms with Crippen molar-refractivity contribution >= 4 is 0 Å². The van der Waals surface area contributed by atoms with Gasteiger partial charge in [0.15, 0.2) is 0 Å². The summed E-state index contributed by atoms with van der Waals surface area (Å²) in [6.07, 6.45) is -3.72. The Hall–Kier alpha value is -1.70. The van der Waals surface area contributed by atoms with E-state index in [9.17, 15) is 17.6 Å². The number of benzene rings is 1. The Labute approximate surface area is 120 Å². The van der Waals surface area contributed by atoms with Crippen molar-refractivity contribution in [3.05, 3.63) is 17.7 Å². The molecule has 0 unspecified atom stereocenters. The lowest BCUT2D eigenvalue weighted by molar-refractivity contribution is -0.125. The van der Waals surface area contributed by atoms with E-state index < -0.39 is 18.9 Å². The summed E-state index contributed by atoms with van der Waals surface area (Å²) in [4.78, 5) is 0. The highest BCUT2D eigenvalue weighted by atomic mass is 19.3. The topological polar surface area (TPSA) is 39.7 Å². The molecular weight excluding hydrogens is 294 g/mol. The van der Waals surface area contributed by atoms with Crippen LogP contribution in [0.4, 0.5) is 17.6 Å². The van der Waals surface area contributed by atoms with Crippen LogP contribution < -0.4 is 19.5 Å². The number of methoxy groups -OCH3 is 3. The molecule has 0 amide bonds. The second kappa shape index (κ2) is 7.35. The Bertz CT molecular complexity index is 444. The van der Waals surface area contributed by atoms with Gasteiger partial charge in [-0.25, -0.2) is 8.78 Å². The molecule has 0 atom stereocenters. The Morgan fingerprint density at radius 1 is 1.05 bits per heavy atom. The largest absolute Gasteiger partial charge is 0.496 e. The lowest BCUT2D eigenvalue weighted by atomic mass is 10.1. The highest BCUT2D eigenvalue weighted by molar-refractivity contribution is 5.50. The molecule has 0 spiro atoms. The molecule has 0 aliphatic rings. The number of ether oxygens (including phenoxy) is 3. The van der Waals surface area contributed by atoms with Gasteiger partial charge < -0.3 is 19.5 Å². The number of alkyl halides is 4. The van der Waals surface area contributed by atoms with E-state index in [-0.39, 0.29) is 6.54 Å². The summed E-state index contributed by atoms with van der Waals surface area (Å²) < 4.78 is 65.1. The van der Waals surface area contributed by atoms with Crippen LogP contribution in [0.25, 0.3) is 0 Å². The highest BCUT2D eigenvalue weighted by Gasteiger charge is 2.40. The van der Waals surface area contributed by atoms with E-state index in [2.05, 4.69) is 5.32 Å². The molecule has 8 heteroatoms. The van der Waals surface area contributed by atoms with Gasteiger partial charge in [0.05, 0.1) is 33.4 Å². The van der Waals surface area contributed by atoms with E-state index in [1.54, 1.807) is 12.1 Å². The number of hydrogen-bond donors (Lipinski definition) is 1. The molecule has 0 radical (unpaired) electrons. The number of rotatable bonds is 8. The van der Waals surface area contributed by atoms with Gasteiger partial charge in [-0.2, -0.15) is 8.78 Å². The van der Waals surface area contributed by atoms with E-state index in [1.165, 1.54) is 21.3 Å². The van der Waals surface area contributed by atoms with Crippen LogP contribution in [-0.4, -0.2) is 40.2 Å². The van der Waals surface area contributed by atoms with Gasteiger partial charge in [0.1, 0.15) is 17.2 Å². The molecule has 1 N–H and O–H groups in total. The van der Waals surface area contributed by atoms with Gasteiger partial charge >= 0.3 is 12.3 Å². The second-order valence-electron chi connectivity index (χ2n) is 4.18. The molecule has 0 aromatic heterocycles. The van der Waals surface area contributed by atoms with E-state index in [0.29, 0.717) is 22.8 Å². The molecule has 0 aliphatic heterocycles. The summed E-state index contributed by atoms with van der Waals surface area (Å²) in [5.41, 5.74) is 0.436. The molecule has 0 bridgehead atoms. The predicted octanol–water partition coefficient (Wildman–Crippen LogP) is 2.70. The maximum absolute atomic E-state index is 12.8. The normalized spacial score (nSPS) is 11.6. The van der Waals surface area contributed by atoms with Gasteiger partial charge in [0.2, 0.25) is 0 Å². The van der Waals surface area contributed by atoms with Crippen molar-refractivity contribution in [2.24, 2.45) is 0 Å². The lowest BCUT2D eigenvalue weighted by Gasteiger charge is -2.18. The number of hydrogen-bond acceptors (Lipinski definition) is 4. The molecule has 0 saturated carbocycles. The maximum Gasteiger partial charge on any atom is 0.319 e. The molecule has 4 nitrogen and oxygen atoms in total. The molecule has 1 aromatic rings. The average Bonchev–Trinajstić information content (AvgIpc) is 2.46. The maximum atomic E-state index is 12.8. The molecule has 21 heavy (non-hydrogen) atoms. The fourth-order valence-electron chi connectivity index (χ4n) is 1.68. The van der Waals surface area contributed by atoms with Crippen LogP contribution in [0.2, 0.25) is 0 Å². The number of halogens is 4. The minimum atomic E-state index is -4.09. The molecule has 0 saturated heterocycles. The van der Waals surface area contributed by atoms with Crippen molar-refractivity contribution in [1.82, 2.24) is 5.32 Å².